The van der Waals surface area contributed by atoms with Gasteiger partial charge in [0.05, 0.1) is 5.92 Å². The van der Waals surface area contributed by atoms with Gasteiger partial charge in [-0.25, -0.2) is 4.37 Å². The SMILES string of the molecule is CC(C)C(C(=O)O)c1cnsc1. The van der Waals surface area contributed by atoms with Gasteiger partial charge in [0.15, 0.2) is 0 Å². The van der Waals surface area contributed by atoms with E-state index in [-0.39, 0.29) is 5.92 Å². The summed E-state index contributed by atoms with van der Waals surface area (Å²) in [4.78, 5) is 10.8. The van der Waals surface area contributed by atoms with Gasteiger partial charge in [-0.05, 0) is 23.0 Å². The van der Waals surface area contributed by atoms with Crippen molar-refractivity contribution in [2.45, 2.75) is 19.8 Å². The number of hydrogen-bond acceptors (Lipinski definition) is 3. The predicted molar refractivity (Wildman–Crippen MR) is 47.3 cm³/mol. The highest BCUT2D eigenvalue weighted by Crippen LogP contribution is 2.24. The van der Waals surface area contributed by atoms with Crippen LogP contribution in [0.25, 0.3) is 0 Å². The highest BCUT2D eigenvalue weighted by molar-refractivity contribution is 7.03. The number of carbonyl (C=O) groups is 1. The summed E-state index contributed by atoms with van der Waals surface area (Å²) in [5.41, 5.74) is 0.808. The van der Waals surface area contributed by atoms with Crippen molar-refractivity contribution in [3.63, 3.8) is 0 Å². The molecule has 12 heavy (non-hydrogen) atoms. The van der Waals surface area contributed by atoms with E-state index in [1.807, 2.05) is 13.8 Å². The maximum atomic E-state index is 10.8. The van der Waals surface area contributed by atoms with E-state index in [1.165, 1.54) is 11.5 Å². The molecule has 1 N–H and O–H groups in total. The number of nitrogens with zero attached hydrogens (tertiary/aromatic N) is 1. The van der Waals surface area contributed by atoms with E-state index < -0.39 is 11.9 Å². The summed E-state index contributed by atoms with van der Waals surface area (Å²) in [7, 11) is 0. The molecule has 1 aromatic heterocycles. The molecule has 4 heteroatoms. The molecule has 66 valence electrons. The number of carboxylic acids is 1. The first-order valence-electron chi connectivity index (χ1n) is 3.75. The predicted octanol–water partition coefficient (Wildman–Crippen LogP) is 1.97. The molecule has 1 aromatic rings. The standard InChI is InChI=1S/C8H11NO2S/c1-5(2)7(8(10)11)6-3-9-12-4-6/h3-5,7H,1-2H3,(H,10,11). The third-order valence-corrected chi connectivity index (χ3v) is 2.35. The summed E-state index contributed by atoms with van der Waals surface area (Å²) in [6, 6.07) is 0. The van der Waals surface area contributed by atoms with E-state index in [0.717, 1.165) is 5.56 Å². The van der Waals surface area contributed by atoms with Gasteiger partial charge in [-0.1, -0.05) is 13.8 Å². The second kappa shape index (κ2) is 3.67. The molecule has 1 unspecified atom stereocenters. The Kier molecular flexibility index (Phi) is 2.81. The van der Waals surface area contributed by atoms with E-state index in [0.29, 0.717) is 0 Å². The molecule has 1 rings (SSSR count). The Hall–Kier alpha value is -0.900. The zero-order valence-corrected chi connectivity index (χ0v) is 7.84. The summed E-state index contributed by atoms with van der Waals surface area (Å²) < 4.78 is 3.89. The average Bonchev–Trinajstić information content (AvgIpc) is 2.37. The van der Waals surface area contributed by atoms with Crippen LogP contribution in [0, 0.1) is 5.92 Å². The lowest BCUT2D eigenvalue weighted by molar-refractivity contribution is -0.139. The number of aliphatic carboxylic acids is 1. The molecular weight excluding hydrogens is 174 g/mol. The van der Waals surface area contributed by atoms with Gasteiger partial charge < -0.3 is 5.11 Å². The minimum absolute atomic E-state index is 0.110. The van der Waals surface area contributed by atoms with Crippen molar-refractivity contribution in [1.29, 1.82) is 0 Å². The highest BCUT2D eigenvalue weighted by atomic mass is 32.1. The molecule has 0 saturated heterocycles. The molecule has 0 radical (unpaired) electrons. The minimum atomic E-state index is -0.773. The Balaban J connectivity index is 2.88. The van der Waals surface area contributed by atoms with Crippen LogP contribution in [0.2, 0.25) is 0 Å². The molecule has 0 spiro atoms. The second-order valence-corrected chi connectivity index (χ2v) is 3.68. The second-order valence-electron chi connectivity index (χ2n) is 3.02. The number of aromatic nitrogens is 1. The minimum Gasteiger partial charge on any atom is -0.481 e. The van der Waals surface area contributed by atoms with Gasteiger partial charge in [-0.2, -0.15) is 0 Å². The average molecular weight is 185 g/mol. The first-order valence-corrected chi connectivity index (χ1v) is 4.58. The summed E-state index contributed by atoms with van der Waals surface area (Å²) in [5.74, 6) is -1.08. The van der Waals surface area contributed by atoms with E-state index in [9.17, 15) is 4.79 Å². The Bertz CT molecular complexity index is 256. The summed E-state index contributed by atoms with van der Waals surface area (Å²) in [6.07, 6.45) is 1.63. The van der Waals surface area contributed by atoms with Crippen LogP contribution in [0.1, 0.15) is 25.3 Å². The van der Waals surface area contributed by atoms with Crippen molar-refractivity contribution < 1.29 is 9.90 Å². The lowest BCUT2D eigenvalue weighted by Crippen LogP contribution is -2.16. The van der Waals surface area contributed by atoms with Crippen LogP contribution < -0.4 is 0 Å². The van der Waals surface area contributed by atoms with Crippen molar-refractivity contribution in [3.05, 3.63) is 17.1 Å². The molecule has 3 nitrogen and oxygen atoms in total. The largest absolute Gasteiger partial charge is 0.481 e. The lowest BCUT2D eigenvalue weighted by atomic mass is 9.91. The molecule has 0 aliphatic carbocycles. The van der Waals surface area contributed by atoms with E-state index in [1.54, 1.807) is 11.6 Å². The third kappa shape index (κ3) is 1.82. The summed E-state index contributed by atoms with van der Waals surface area (Å²) in [6.45, 7) is 3.80. The Morgan fingerprint density at radius 2 is 2.33 bits per heavy atom. The monoisotopic (exact) mass is 185 g/mol. The molecule has 1 atom stereocenters. The van der Waals surface area contributed by atoms with Crippen LogP contribution in [0.4, 0.5) is 0 Å². The highest BCUT2D eigenvalue weighted by Gasteiger charge is 2.23. The third-order valence-electron chi connectivity index (χ3n) is 1.74. The fourth-order valence-electron chi connectivity index (χ4n) is 1.18. The molecule has 0 aliphatic heterocycles. The van der Waals surface area contributed by atoms with E-state index in [4.69, 9.17) is 5.11 Å². The van der Waals surface area contributed by atoms with Gasteiger partial charge in [0.1, 0.15) is 0 Å². The van der Waals surface area contributed by atoms with Gasteiger partial charge in [-0.3, -0.25) is 4.79 Å². The van der Waals surface area contributed by atoms with E-state index >= 15 is 0 Å². The van der Waals surface area contributed by atoms with Crippen molar-refractivity contribution in [2.24, 2.45) is 5.92 Å². The quantitative estimate of drug-likeness (QED) is 0.783. The first-order chi connectivity index (χ1) is 5.63. The molecule has 0 aromatic carbocycles. The van der Waals surface area contributed by atoms with Crippen LogP contribution in [0.5, 0.6) is 0 Å². The van der Waals surface area contributed by atoms with Crippen molar-refractivity contribution in [1.82, 2.24) is 4.37 Å². The summed E-state index contributed by atoms with van der Waals surface area (Å²) in [5, 5.41) is 10.7. The maximum Gasteiger partial charge on any atom is 0.311 e. The molecule has 0 aliphatic rings. The molecule has 0 saturated carbocycles. The smallest absolute Gasteiger partial charge is 0.311 e. The molecule has 1 heterocycles. The Labute approximate surface area is 75.2 Å². The fourth-order valence-corrected chi connectivity index (χ4v) is 1.75. The zero-order chi connectivity index (χ0) is 9.14. The van der Waals surface area contributed by atoms with Crippen LogP contribution in [0.15, 0.2) is 11.6 Å². The number of carboxylic acid groups (broad SMARTS) is 1. The Morgan fingerprint density at radius 1 is 1.67 bits per heavy atom. The van der Waals surface area contributed by atoms with Crippen LogP contribution >= 0.6 is 11.5 Å². The van der Waals surface area contributed by atoms with Gasteiger partial charge in [0, 0.05) is 11.6 Å². The number of rotatable bonds is 3. The zero-order valence-electron chi connectivity index (χ0n) is 7.02. The number of hydrogen-bond donors (Lipinski definition) is 1. The van der Waals surface area contributed by atoms with Gasteiger partial charge in [-0.15, -0.1) is 0 Å². The maximum absolute atomic E-state index is 10.8. The first kappa shape index (κ1) is 9.19. The molecule has 0 fully saturated rings. The summed E-state index contributed by atoms with van der Waals surface area (Å²) >= 11 is 1.29. The normalized spacial score (nSPS) is 13.2. The Morgan fingerprint density at radius 3 is 2.67 bits per heavy atom. The van der Waals surface area contributed by atoms with Crippen LogP contribution in [-0.4, -0.2) is 15.4 Å². The molecular formula is C8H11NO2S. The van der Waals surface area contributed by atoms with Crippen molar-refractivity contribution >= 4 is 17.5 Å². The molecule has 0 amide bonds. The molecule has 0 bridgehead atoms. The van der Waals surface area contributed by atoms with Crippen molar-refractivity contribution in [2.75, 3.05) is 0 Å². The lowest BCUT2D eigenvalue weighted by Gasteiger charge is -2.13. The van der Waals surface area contributed by atoms with Gasteiger partial charge >= 0.3 is 5.97 Å². The van der Waals surface area contributed by atoms with Gasteiger partial charge in [0.2, 0.25) is 0 Å². The van der Waals surface area contributed by atoms with Crippen molar-refractivity contribution in [3.8, 4) is 0 Å². The topological polar surface area (TPSA) is 50.2 Å². The van der Waals surface area contributed by atoms with Crippen LogP contribution in [0.3, 0.4) is 0 Å². The fraction of sp³-hybridized carbons (Fsp3) is 0.500. The van der Waals surface area contributed by atoms with E-state index in [2.05, 4.69) is 4.37 Å². The van der Waals surface area contributed by atoms with Gasteiger partial charge in [0.25, 0.3) is 0 Å². The van der Waals surface area contributed by atoms with Crippen LogP contribution in [-0.2, 0) is 4.79 Å².